The van der Waals surface area contributed by atoms with Crippen molar-refractivity contribution in [2.24, 2.45) is 0 Å². The molecule has 1 aliphatic rings. The Bertz CT molecular complexity index is 3090. The van der Waals surface area contributed by atoms with E-state index in [0.29, 0.717) is 0 Å². The number of hydrogen-bond acceptors (Lipinski definition) is 1. The van der Waals surface area contributed by atoms with Gasteiger partial charge in [0.15, 0.2) is 0 Å². The molecule has 0 bridgehead atoms. The van der Waals surface area contributed by atoms with Gasteiger partial charge < -0.3 is 9.47 Å². The zero-order valence-corrected chi connectivity index (χ0v) is 32.0. The average molecular weight is 741 g/mol. The van der Waals surface area contributed by atoms with E-state index in [9.17, 15) is 0 Å². The highest BCUT2D eigenvalue weighted by atomic mass is 15.2. The van der Waals surface area contributed by atoms with Crippen LogP contribution in [0, 0.1) is 0 Å². The van der Waals surface area contributed by atoms with Gasteiger partial charge in [-0.05, 0) is 75.8 Å². The largest absolute Gasteiger partial charge is 0.310 e. The third-order valence-corrected chi connectivity index (χ3v) is 12.0. The molecule has 1 aromatic heterocycles. The summed E-state index contributed by atoms with van der Waals surface area (Å²) in [6.45, 7) is 0. The lowest BCUT2D eigenvalue weighted by Gasteiger charge is -2.35. The molecular formula is C56H40N2. The van der Waals surface area contributed by atoms with Crippen LogP contribution in [0.1, 0.15) is 29.0 Å². The summed E-state index contributed by atoms with van der Waals surface area (Å²) in [6.07, 6.45) is 3.37. The first kappa shape index (κ1) is 33.9. The number of nitrogens with zero attached hydrogens (tertiary/aromatic N) is 2. The first-order valence-corrected chi connectivity index (χ1v) is 20.2. The van der Waals surface area contributed by atoms with Crippen molar-refractivity contribution >= 4 is 49.7 Å². The molecule has 9 aromatic carbocycles. The van der Waals surface area contributed by atoms with Crippen LogP contribution in [0.15, 0.2) is 224 Å². The second-order valence-corrected chi connectivity index (χ2v) is 15.2. The highest BCUT2D eigenvalue weighted by Gasteiger charge is 2.29. The van der Waals surface area contributed by atoms with E-state index in [1.807, 2.05) is 0 Å². The maximum absolute atomic E-state index is 2.49. The van der Waals surface area contributed by atoms with E-state index in [0.717, 1.165) is 17.8 Å². The summed E-state index contributed by atoms with van der Waals surface area (Å²) in [6, 6.07) is 79.7. The fourth-order valence-corrected chi connectivity index (χ4v) is 9.38. The number of fused-ring (bicyclic) bond motifs is 5. The van der Waals surface area contributed by atoms with Crippen LogP contribution in [0.3, 0.4) is 0 Å². The number of anilines is 2. The monoisotopic (exact) mass is 740 g/mol. The molecule has 0 radical (unpaired) electrons. The van der Waals surface area contributed by atoms with Gasteiger partial charge in [0.2, 0.25) is 0 Å². The minimum Gasteiger partial charge on any atom is -0.310 e. The summed E-state index contributed by atoms with van der Waals surface area (Å²) in [5, 5.41) is 5.13. The molecule has 1 unspecified atom stereocenters. The number of aromatic nitrogens is 1. The Balaban J connectivity index is 1.07. The molecule has 0 saturated carbocycles. The summed E-state index contributed by atoms with van der Waals surface area (Å²) in [5.41, 5.74) is 15.8. The molecule has 1 heterocycles. The minimum atomic E-state index is 0.247. The lowest BCUT2D eigenvalue weighted by molar-refractivity contribution is 0.819. The number of allylic oxidation sites excluding steroid dienone is 1. The zero-order valence-electron chi connectivity index (χ0n) is 32.0. The first-order valence-electron chi connectivity index (χ1n) is 20.2. The van der Waals surface area contributed by atoms with Gasteiger partial charge >= 0.3 is 0 Å². The number of hydrogen-bond donors (Lipinski definition) is 0. The van der Waals surface area contributed by atoms with Crippen molar-refractivity contribution in [3.05, 3.63) is 241 Å². The molecule has 10 aromatic rings. The first-order chi connectivity index (χ1) is 28.8. The molecule has 0 saturated heterocycles. The standard InChI is InChI=1S/C56H40N2/c1-2-17-40(18-3-1)44-22-8-12-29-52(44)57(56-38-37-48(47-24-6-7-25-49(47)56)46-28-16-20-39-19-4-5-21-43(39)46)42-35-33-41(34-36-42)45-23-9-13-30-53(45)58-54-31-14-10-26-50(54)51-27-11-15-32-55(51)58/h1-36,38,48H,37H2. The van der Waals surface area contributed by atoms with Crippen LogP contribution in [-0.4, -0.2) is 4.57 Å². The molecular weight excluding hydrogens is 701 g/mol. The highest BCUT2D eigenvalue weighted by Crippen LogP contribution is 2.47. The lowest BCUT2D eigenvalue weighted by atomic mass is 9.79. The molecule has 1 aliphatic carbocycles. The molecule has 1 atom stereocenters. The molecule has 0 spiro atoms. The summed E-state index contributed by atoms with van der Waals surface area (Å²) in [4.78, 5) is 2.49. The van der Waals surface area contributed by atoms with Crippen LogP contribution in [0.2, 0.25) is 0 Å². The number of benzene rings is 9. The predicted molar refractivity (Wildman–Crippen MR) is 245 cm³/mol. The summed E-state index contributed by atoms with van der Waals surface area (Å²) < 4.78 is 2.42. The van der Waals surface area contributed by atoms with Gasteiger partial charge in [0, 0.05) is 44.8 Å². The molecule has 0 N–H and O–H groups in total. The highest BCUT2D eigenvalue weighted by molar-refractivity contribution is 6.09. The molecule has 0 fully saturated rings. The van der Waals surface area contributed by atoms with Crippen LogP contribution in [0.5, 0.6) is 0 Å². The Kier molecular flexibility index (Phi) is 8.33. The van der Waals surface area contributed by atoms with Crippen LogP contribution in [0.4, 0.5) is 11.4 Å². The Hall–Kier alpha value is -7.42. The van der Waals surface area contributed by atoms with Crippen LogP contribution in [0.25, 0.3) is 66.2 Å². The van der Waals surface area contributed by atoms with E-state index in [4.69, 9.17) is 0 Å². The van der Waals surface area contributed by atoms with Gasteiger partial charge in [-0.1, -0.05) is 188 Å². The van der Waals surface area contributed by atoms with Gasteiger partial charge in [-0.2, -0.15) is 0 Å². The molecule has 0 aliphatic heterocycles. The molecule has 58 heavy (non-hydrogen) atoms. The van der Waals surface area contributed by atoms with Gasteiger partial charge in [-0.15, -0.1) is 0 Å². The van der Waals surface area contributed by atoms with Crippen molar-refractivity contribution in [1.29, 1.82) is 0 Å². The maximum Gasteiger partial charge on any atom is 0.0541 e. The van der Waals surface area contributed by atoms with E-state index >= 15 is 0 Å². The Morgan fingerprint density at radius 3 is 1.72 bits per heavy atom. The third kappa shape index (κ3) is 5.64. The second-order valence-electron chi connectivity index (χ2n) is 15.2. The van der Waals surface area contributed by atoms with Crippen molar-refractivity contribution in [1.82, 2.24) is 4.57 Å². The predicted octanol–water partition coefficient (Wildman–Crippen LogP) is 15.0. The Morgan fingerprint density at radius 2 is 0.948 bits per heavy atom. The van der Waals surface area contributed by atoms with Crippen molar-refractivity contribution < 1.29 is 0 Å². The second kappa shape index (κ2) is 14.3. The maximum atomic E-state index is 2.49. The van der Waals surface area contributed by atoms with Crippen molar-refractivity contribution in [3.8, 4) is 27.9 Å². The van der Waals surface area contributed by atoms with Gasteiger partial charge in [0.1, 0.15) is 0 Å². The molecule has 2 heteroatoms. The summed E-state index contributed by atoms with van der Waals surface area (Å²) in [5.74, 6) is 0.247. The van der Waals surface area contributed by atoms with E-state index < -0.39 is 0 Å². The topological polar surface area (TPSA) is 8.17 Å². The lowest BCUT2D eigenvalue weighted by Crippen LogP contribution is -2.21. The minimum absolute atomic E-state index is 0.247. The molecule has 0 amide bonds. The quantitative estimate of drug-likeness (QED) is 0.158. The fourth-order valence-electron chi connectivity index (χ4n) is 9.38. The van der Waals surface area contributed by atoms with Gasteiger partial charge in [-0.3, -0.25) is 0 Å². The van der Waals surface area contributed by atoms with E-state index in [-0.39, 0.29) is 5.92 Å². The summed E-state index contributed by atoms with van der Waals surface area (Å²) >= 11 is 0. The normalized spacial score (nSPS) is 13.7. The van der Waals surface area contributed by atoms with Crippen molar-refractivity contribution in [3.63, 3.8) is 0 Å². The van der Waals surface area contributed by atoms with Crippen LogP contribution < -0.4 is 4.90 Å². The van der Waals surface area contributed by atoms with Crippen LogP contribution >= 0.6 is 0 Å². The van der Waals surface area contributed by atoms with E-state index in [1.165, 1.54) is 82.9 Å². The smallest absolute Gasteiger partial charge is 0.0541 e. The van der Waals surface area contributed by atoms with E-state index in [1.54, 1.807) is 0 Å². The number of rotatable bonds is 7. The van der Waals surface area contributed by atoms with Crippen molar-refractivity contribution in [2.45, 2.75) is 12.3 Å². The van der Waals surface area contributed by atoms with Crippen molar-refractivity contribution in [2.75, 3.05) is 4.90 Å². The SMILES string of the molecule is C1=C(N(c2ccc(-c3ccccc3-n3c4ccccc4c4ccccc43)cc2)c2ccccc2-c2ccccc2)c2ccccc2C(c2cccc3ccccc23)C1. The fraction of sp³-hybridized carbons (Fsp3) is 0.0357. The van der Waals surface area contributed by atoms with Gasteiger partial charge in [0.05, 0.1) is 22.4 Å². The molecule has 11 rings (SSSR count). The average Bonchev–Trinajstić information content (AvgIpc) is 3.64. The Morgan fingerprint density at radius 1 is 0.397 bits per heavy atom. The molecule has 274 valence electrons. The van der Waals surface area contributed by atoms with E-state index in [2.05, 4.69) is 234 Å². The van der Waals surface area contributed by atoms with Crippen LogP contribution in [-0.2, 0) is 0 Å². The zero-order chi connectivity index (χ0) is 38.4. The third-order valence-electron chi connectivity index (χ3n) is 12.0. The van der Waals surface area contributed by atoms with Gasteiger partial charge in [0.25, 0.3) is 0 Å². The number of para-hydroxylation sites is 4. The summed E-state index contributed by atoms with van der Waals surface area (Å²) in [7, 11) is 0. The Labute approximate surface area is 339 Å². The van der Waals surface area contributed by atoms with Gasteiger partial charge in [-0.25, -0.2) is 0 Å². The molecule has 2 nitrogen and oxygen atoms in total.